The van der Waals surface area contributed by atoms with Crippen LogP contribution in [0.2, 0.25) is 5.02 Å². The Morgan fingerprint density at radius 3 is 2.68 bits per heavy atom. The maximum absolute atomic E-state index is 13.8. The fourth-order valence-corrected chi connectivity index (χ4v) is 3.28. The van der Waals surface area contributed by atoms with Gasteiger partial charge < -0.3 is 10.2 Å². The number of amides is 2. The highest BCUT2D eigenvalue weighted by atomic mass is 35.5. The van der Waals surface area contributed by atoms with Crippen LogP contribution < -0.4 is 5.32 Å². The number of hydrogen-bond donors (Lipinski definition) is 1. The third kappa shape index (κ3) is 3.37. The molecule has 130 valence electrons. The van der Waals surface area contributed by atoms with Gasteiger partial charge in [0.1, 0.15) is 11.7 Å². The van der Waals surface area contributed by atoms with Gasteiger partial charge in [-0.1, -0.05) is 35.9 Å². The molecule has 0 spiro atoms. The molecule has 1 aliphatic heterocycles. The van der Waals surface area contributed by atoms with Gasteiger partial charge in [-0.05, 0) is 36.2 Å². The minimum atomic E-state index is -0.898. The predicted molar refractivity (Wildman–Crippen MR) is 95.1 cm³/mol. The van der Waals surface area contributed by atoms with Crippen molar-refractivity contribution in [3.63, 3.8) is 0 Å². The van der Waals surface area contributed by atoms with Gasteiger partial charge in [-0.3, -0.25) is 9.59 Å². The van der Waals surface area contributed by atoms with Crippen LogP contribution in [0, 0.1) is 18.7 Å². The highest BCUT2D eigenvalue weighted by Crippen LogP contribution is 2.35. The maximum atomic E-state index is 13.8. The van der Waals surface area contributed by atoms with Crippen LogP contribution in [-0.4, -0.2) is 30.3 Å². The largest absolute Gasteiger partial charge is 0.344 e. The maximum Gasteiger partial charge on any atom is 0.237 e. The number of halogens is 2. The van der Waals surface area contributed by atoms with Crippen LogP contribution in [0.15, 0.2) is 42.5 Å². The molecule has 2 atom stereocenters. The van der Waals surface area contributed by atoms with E-state index in [0.29, 0.717) is 11.6 Å². The highest BCUT2D eigenvalue weighted by molar-refractivity contribution is 6.31. The van der Waals surface area contributed by atoms with Crippen LogP contribution in [0.4, 0.5) is 10.1 Å². The summed E-state index contributed by atoms with van der Waals surface area (Å²) in [7, 11) is 1.66. The lowest BCUT2D eigenvalue weighted by atomic mass is 9.87. The molecule has 25 heavy (non-hydrogen) atoms. The lowest BCUT2D eigenvalue weighted by molar-refractivity contribution is -0.135. The molecule has 0 unspecified atom stereocenters. The van der Waals surface area contributed by atoms with Crippen molar-refractivity contribution in [1.29, 1.82) is 0 Å². The topological polar surface area (TPSA) is 49.4 Å². The summed E-state index contributed by atoms with van der Waals surface area (Å²) in [4.78, 5) is 26.7. The molecule has 3 rings (SSSR count). The number of anilines is 1. The van der Waals surface area contributed by atoms with Gasteiger partial charge >= 0.3 is 0 Å². The minimum absolute atomic E-state index is 0.0703. The Labute approximate surface area is 150 Å². The molecule has 2 aromatic rings. The monoisotopic (exact) mass is 360 g/mol. The second-order valence-corrected chi connectivity index (χ2v) is 6.69. The van der Waals surface area contributed by atoms with Crippen molar-refractivity contribution in [3.8, 4) is 0 Å². The van der Waals surface area contributed by atoms with E-state index >= 15 is 0 Å². The molecule has 1 fully saturated rings. The second kappa shape index (κ2) is 6.84. The fraction of sp³-hybridized carbons (Fsp3) is 0.263. The molecule has 4 nitrogen and oxygen atoms in total. The van der Waals surface area contributed by atoms with Crippen molar-refractivity contribution in [2.24, 2.45) is 5.92 Å². The lowest BCUT2D eigenvalue weighted by Crippen LogP contribution is -2.33. The average Bonchev–Trinajstić information content (AvgIpc) is 2.87. The van der Waals surface area contributed by atoms with Crippen LogP contribution in [0.3, 0.4) is 0 Å². The van der Waals surface area contributed by atoms with Crippen molar-refractivity contribution < 1.29 is 14.0 Å². The van der Waals surface area contributed by atoms with Crippen LogP contribution in [0.5, 0.6) is 0 Å². The molecular weight excluding hydrogens is 343 g/mol. The number of likely N-dealkylation sites (N-methyl/N-ethyl adjacent to an activating group) is 1. The number of carbonyl (C=O) groups is 2. The Balaban J connectivity index is 1.90. The number of nitrogens with one attached hydrogen (secondary N) is 1. The Kier molecular flexibility index (Phi) is 4.77. The molecule has 2 aromatic carbocycles. The molecule has 0 radical (unpaired) electrons. The standard InChI is InChI=1S/C19H18ClFN2O2/c1-11-9-12(7-8-14(11)20)13-10-23(2)19(25)17(13)18(24)22-16-6-4-3-5-15(16)21/h3-9,13,17H,10H2,1-2H3,(H,22,24)/t13-,17+/m1/s1. The smallest absolute Gasteiger partial charge is 0.237 e. The molecule has 0 aromatic heterocycles. The molecule has 2 amide bonds. The first-order chi connectivity index (χ1) is 11.9. The van der Waals surface area contributed by atoms with Crippen LogP contribution in [-0.2, 0) is 9.59 Å². The van der Waals surface area contributed by atoms with Crippen molar-refractivity contribution >= 4 is 29.1 Å². The van der Waals surface area contributed by atoms with Gasteiger partial charge in [0.15, 0.2) is 0 Å². The van der Waals surface area contributed by atoms with Gasteiger partial charge in [0.05, 0.1) is 5.69 Å². The summed E-state index contributed by atoms with van der Waals surface area (Å²) in [6.45, 7) is 2.30. The van der Waals surface area contributed by atoms with Crippen LogP contribution >= 0.6 is 11.6 Å². The highest BCUT2D eigenvalue weighted by Gasteiger charge is 2.44. The quantitative estimate of drug-likeness (QED) is 0.850. The van der Waals surface area contributed by atoms with Gasteiger partial charge in [-0.15, -0.1) is 0 Å². The Hall–Kier alpha value is -2.40. The minimum Gasteiger partial charge on any atom is -0.344 e. The van der Waals surface area contributed by atoms with Crippen molar-refractivity contribution in [1.82, 2.24) is 4.90 Å². The van der Waals surface area contributed by atoms with E-state index < -0.39 is 17.6 Å². The number of para-hydroxylation sites is 1. The third-order valence-corrected chi connectivity index (χ3v) is 4.96. The summed E-state index contributed by atoms with van der Waals surface area (Å²) in [6.07, 6.45) is 0. The Bertz CT molecular complexity index is 840. The summed E-state index contributed by atoms with van der Waals surface area (Å²) < 4.78 is 13.8. The van der Waals surface area contributed by atoms with Crippen LogP contribution in [0.25, 0.3) is 0 Å². The van der Waals surface area contributed by atoms with E-state index in [-0.39, 0.29) is 17.5 Å². The molecule has 0 saturated carbocycles. The Morgan fingerprint density at radius 2 is 2.00 bits per heavy atom. The molecule has 1 aliphatic rings. The predicted octanol–water partition coefficient (Wildman–Crippen LogP) is 3.60. The molecule has 6 heteroatoms. The number of carbonyl (C=O) groups excluding carboxylic acids is 2. The number of likely N-dealkylation sites (tertiary alicyclic amines) is 1. The number of rotatable bonds is 3. The van der Waals surface area contributed by atoms with E-state index in [9.17, 15) is 14.0 Å². The fourth-order valence-electron chi connectivity index (χ4n) is 3.16. The van der Waals surface area contributed by atoms with Crippen molar-refractivity contribution in [2.45, 2.75) is 12.8 Å². The van der Waals surface area contributed by atoms with E-state index in [1.165, 1.54) is 17.0 Å². The zero-order valence-corrected chi connectivity index (χ0v) is 14.7. The zero-order valence-electron chi connectivity index (χ0n) is 13.9. The third-order valence-electron chi connectivity index (χ3n) is 4.54. The Morgan fingerprint density at radius 1 is 1.28 bits per heavy atom. The number of nitrogens with zero attached hydrogens (tertiary/aromatic N) is 1. The van der Waals surface area contributed by atoms with Gasteiger partial charge in [0.2, 0.25) is 11.8 Å². The second-order valence-electron chi connectivity index (χ2n) is 6.28. The lowest BCUT2D eigenvalue weighted by Gasteiger charge is -2.18. The summed E-state index contributed by atoms with van der Waals surface area (Å²) >= 11 is 6.07. The first-order valence-corrected chi connectivity index (χ1v) is 8.32. The normalized spacial score (nSPS) is 20.0. The molecule has 0 bridgehead atoms. The van der Waals surface area contributed by atoms with Gasteiger partial charge in [0.25, 0.3) is 0 Å². The first-order valence-electron chi connectivity index (χ1n) is 7.95. The SMILES string of the molecule is Cc1cc([C@H]2CN(C)C(=O)[C@@H]2C(=O)Nc2ccccc2F)ccc1Cl. The summed E-state index contributed by atoms with van der Waals surface area (Å²) in [6, 6.07) is 11.4. The molecule has 1 N–H and O–H groups in total. The first kappa shape index (κ1) is 17.4. The summed E-state index contributed by atoms with van der Waals surface area (Å²) in [5.74, 6) is -2.51. The van der Waals surface area contributed by atoms with Crippen LogP contribution in [0.1, 0.15) is 17.0 Å². The van der Waals surface area contributed by atoms with Crippen molar-refractivity contribution in [2.75, 3.05) is 18.9 Å². The molecule has 0 aliphatic carbocycles. The number of hydrogen-bond acceptors (Lipinski definition) is 2. The van der Waals surface area contributed by atoms with E-state index in [1.807, 2.05) is 19.1 Å². The van der Waals surface area contributed by atoms with Gasteiger partial charge in [-0.25, -0.2) is 4.39 Å². The van der Waals surface area contributed by atoms with E-state index in [0.717, 1.165) is 11.1 Å². The molecule has 1 heterocycles. The number of aryl methyl sites for hydroxylation is 1. The van der Waals surface area contributed by atoms with E-state index in [4.69, 9.17) is 11.6 Å². The molecule has 1 saturated heterocycles. The molecular formula is C19H18ClFN2O2. The summed E-state index contributed by atoms with van der Waals surface area (Å²) in [5, 5.41) is 3.17. The zero-order chi connectivity index (χ0) is 18.1. The van der Waals surface area contributed by atoms with E-state index in [2.05, 4.69) is 5.32 Å². The number of benzene rings is 2. The van der Waals surface area contributed by atoms with Gasteiger partial charge in [0, 0.05) is 24.5 Å². The van der Waals surface area contributed by atoms with E-state index in [1.54, 1.807) is 25.2 Å². The average molecular weight is 361 g/mol. The summed E-state index contributed by atoms with van der Waals surface area (Å²) in [5.41, 5.74) is 1.82. The van der Waals surface area contributed by atoms with Crippen molar-refractivity contribution in [3.05, 3.63) is 64.4 Å². The van der Waals surface area contributed by atoms with Gasteiger partial charge in [-0.2, -0.15) is 0 Å².